The molecular formula is C21H13Cl2F3N4O. The topological polar surface area (TPSA) is 59.3 Å². The smallest absolute Gasteiger partial charge is 0.322 e. The molecular weight excluding hydrogens is 452 g/mol. The quantitative estimate of drug-likeness (QED) is 0.387. The first-order valence-electron chi connectivity index (χ1n) is 8.92. The van der Waals surface area contributed by atoms with Gasteiger partial charge >= 0.3 is 6.18 Å². The number of aryl methyl sites for hydroxylation is 1. The Hall–Kier alpha value is -3.10. The summed E-state index contributed by atoms with van der Waals surface area (Å²) < 4.78 is 41.7. The molecule has 0 aliphatic carbocycles. The van der Waals surface area contributed by atoms with E-state index in [9.17, 15) is 18.0 Å². The van der Waals surface area contributed by atoms with Gasteiger partial charge in [0.1, 0.15) is 5.56 Å². The maximum absolute atomic E-state index is 13.7. The van der Waals surface area contributed by atoms with Crippen LogP contribution in [-0.4, -0.2) is 20.5 Å². The molecule has 0 saturated carbocycles. The number of nitrogens with one attached hydrogen (secondary N) is 1. The molecule has 2 heterocycles. The van der Waals surface area contributed by atoms with Gasteiger partial charge in [0.05, 0.1) is 11.9 Å². The molecule has 0 fully saturated rings. The maximum Gasteiger partial charge on any atom is 0.433 e. The standard InChI is InChI=1S/C21H13Cl2F3N4O/c1-11-2-4-12(5-3-11)17-9-18(21(24,25)26)30-19(29-17)16(10-27-30)20(31)28-15-7-13(22)6-14(23)8-15/h2-10H,1H3,(H,28,31). The van der Waals surface area contributed by atoms with E-state index < -0.39 is 17.8 Å². The van der Waals surface area contributed by atoms with Gasteiger partial charge in [-0.2, -0.15) is 18.3 Å². The summed E-state index contributed by atoms with van der Waals surface area (Å²) in [5.74, 6) is -0.699. The molecule has 158 valence electrons. The van der Waals surface area contributed by atoms with Gasteiger partial charge < -0.3 is 5.32 Å². The fourth-order valence-electron chi connectivity index (χ4n) is 3.02. The minimum Gasteiger partial charge on any atom is -0.322 e. The minimum absolute atomic E-state index is 0.0696. The number of alkyl halides is 3. The van der Waals surface area contributed by atoms with Gasteiger partial charge in [-0.3, -0.25) is 4.79 Å². The molecule has 0 aliphatic rings. The van der Waals surface area contributed by atoms with E-state index in [0.29, 0.717) is 20.1 Å². The largest absolute Gasteiger partial charge is 0.433 e. The van der Waals surface area contributed by atoms with Crippen LogP contribution in [0.5, 0.6) is 0 Å². The normalized spacial score (nSPS) is 11.7. The third-order valence-electron chi connectivity index (χ3n) is 4.47. The number of hydrogen-bond acceptors (Lipinski definition) is 3. The van der Waals surface area contributed by atoms with Gasteiger partial charge in [-0.1, -0.05) is 53.0 Å². The number of anilines is 1. The van der Waals surface area contributed by atoms with Crippen LogP contribution in [-0.2, 0) is 6.18 Å². The summed E-state index contributed by atoms with van der Waals surface area (Å²) in [6.07, 6.45) is -3.67. The number of benzene rings is 2. The van der Waals surface area contributed by atoms with E-state index in [4.69, 9.17) is 23.2 Å². The summed E-state index contributed by atoms with van der Waals surface area (Å²) in [6.45, 7) is 1.86. The van der Waals surface area contributed by atoms with E-state index in [1.54, 1.807) is 24.3 Å². The molecule has 2 aromatic heterocycles. The first-order chi connectivity index (χ1) is 14.6. The molecule has 5 nitrogen and oxygen atoms in total. The first kappa shape index (κ1) is 21.1. The SMILES string of the molecule is Cc1ccc(-c2cc(C(F)(F)F)n3ncc(C(=O)Nc4cc(Cl)cc(Cl)c4)c3n2)cc1. The summed E-state index contributed by atoms with van der Waals surface area (Å²) in [5.41, 5.74) is 0.385. The second-order valence-corrected chi connectivity index (χ2v) is 7.67. The maximum atomic E-state index is 13.7. The molecule has 0 bridgehead atoms. The molecule has 10 heteroatoms. The highest BCUT2D eigenvalue weighted by Crippen LogP contribution is 2.33. The summed E-state index contributed by atoms with van der Waals surface area (Å²) in [4.78, 5) is 17.1. The van der Waals surface area contributed by atoms with Gasteiger partial charge in [-0.15, -0.1) is 0 Å². The van der Waals surface area contributed by atoms with E-state index in [1.165, 1.54) is 18.2 Å². The highest BCUT2D eigenvalue weighted by Gasteiger charge is 2.36. The van der Waals surface area contributed by atoms with Crippen LogP contribution in [0, 0.1) is 6.92 Å². The highest BCUT2D eigenvalue weighted by atomic mass is 35.5. The van der Waals surface area contributed by atoms with Crippen molar-refractivity contribution in [1.82, 2.24) is 14.6 Å². The molecule has 0 aliphatic heterocycles. The molecule has 1 N–H and O–H groups in total. The number of rotatable bonds is 3. The Morgan fingerprint density at radius 1 is 1.03 bits per heavy atom. The van der Waals surface area contributed by atoms with Gasteiger partial charge in [0.15, 0.2) is 11.3 Å². The lowest BCUT2D eigenvalue weighted by molar-refractivity contribution is -0.142. The lowest BCUT2D eigenvalue weighted by Crippen LogP contribution is -2.15. The van der Waals surface area contributed by atoms with Crippen LogP contribution >= 0.6 is 23.2 Å². The van der Waals surface area contributed by atoms with E-state index in [0.717, 1.165) is 17.8 Å². The van der Waals surface area contributed by atoms with Crippen LogP contribution in [0.25, 0.3) is 16.9 Å². The van der Waals surface area contributed by atoms with Crippen LogP contribution < -0.4 is 5.32 Å². The first-order valence-corrected chi connectivity index (χ1v) is 9.68. The van der Waals surface area contributed by atoms with Gasteiger partial charge in [-0.05, 0) is 31.2 Å². The third-order valence-corrected chi connectivity index (χ3v) is 4.91. The molecule has 0 atom stereocenters. The lowest BCUT2D eigenvalue weighted by atomic mass is 10.1. The van der Waals surface area contributed by atoms with E-state index >= 15 is 0 Å². The monoisotopic (exact) mass is 464 g/mol. The molecule has 4 rings (SSSR count). The van der Waals surface area contributed by atoms with Crippen molar-refractivity contribution in [2.45, 2.75) is 13.1 Å². The number of carbonyl (C=O) groups excluding carboxylic acids is 1. The number of carbonyl (C=O) groups is 1. The number of halogens is 5. The van der Waals surface area contributed by atoms with Gasteiger partial charge in [0.25, 0.3) is 5.91 Å². The Labute approximate surface area is 184 Å². The molecule has 0 unspecified atom stereocenters. The third kappa shape index (κ3) is 4.35. The van der Waals surface area contributed by atoms with Crippen molar-refractivity contribution in [2.75, 3.05) is 5.32 Å². The Morgan fingerprint density at radius 3 is 2.29 bits per heavy atom. The van der Waals surface area contributed by atoms with Crippen LogP contribution in [0.2, 0.25) is 10.0 Å². The van der Waals surface area contributed by atoms with Crippen molar-refractivity contribution in [3.05, 3.63) is 81.6 Å². The number of hydrogen-bond donors (Lipinski definition) is 1. The number of fused-ring (bicyclic) bond motifs is 1. The molecule has 1 amide bonds. The van der Waals surface area contributed by atoms with Crippen LogP contribution in [0.4, 0.5) is 18.9 Å². The predicted octanol–water partition coefficient (Wildman–Crippen LogP) is 6.28. The summed E-state index contributed by atoms with van der Waals surface area (Å²) >= 11 is 11.9. The number of nitrogens with zero attached hydrogens (tertiary/aromatic N) is 3. The second kappa shape index (κ2) is 7.86. The minimum atomic E-state index is -4.71. The fourth-order valence-corrected chi connectivity index (χ4v) is 3.55. The van der Waals surface area contributed by atoms with E-state index in [2.05, 4.69) is 15.4 Å². The van der Waals surface area contributed by atoms with E-state index in [1.807, 2.05) is 6.92 Å². The van der Waals surface area contributed by atoms with Crippen molar-refractivity contribution >= 4 is 40.4 Å². The van der Waals surface area contributed by atoms with Gasteiger partial charge in [0.2, 0.25) is 0 Å². The Morgan fingerprint density at radius 2 is 1.68 bits per heavy atom. The zero-order valence-corrected chi connectivity index (χ0v) is 17.3. The van der Waals surface area contributed by atoms with Crippen LogP contribution in [0.1, 0.15) is 21.6 Å². The van der Waals surface area contributed by atoms with E-state index in [-0.39, 0.29) is 22.6 Å². The molecule has 31 heavy (non-hydrogen) atoms. The summed E-state index contributed by atoms with van der Waals surface area (Å²) in [7, 11) is 0. The fraction of sp³-hybridized carbons (Fsp3) is 0.0952. The Kier molecular flexibility index (Phi) is 5.36. The van der Waals surface area contributed by atoms with Gasteiger partial charge in [-0.25, -0.2) is 9.50 Å². The molecule has 4 aromatic rings. The molecule has 0 spiro atoms. The average molecular weight is 465 g/mol. The van der Waals surface area contributed by atoms with Crippen molar-refractivity contribution in [2.24, 2.45) is 0 Å². The molecule has 0 saturated heterocycles. The lowest BCUT2D eigenvalue weighted by Gasteiger charge is -2.12. The highest BCUT2D eigenvalue weighted by molar-refractivity contribution is 6.35. The van der Waals surface area contributed by atoms with Crippen LogP contribution in [0.3, 0.4) is 0 Å². The molecule has 0 radical (unpaired) electrons. The van der Waals surface area contributed by atoms with Crippen LogP contribution in [0.15, 0.2) is 54.7 Å². The average Bonchev–Trinajstić information content (AvgIpc) is 3.10. The number of amides is 1. The zero-order chi connectivity index (χ0) is 22.3. The Bertz CT molecular complexity index is 1280. The van der Waals surface area contributed by atoms with Crippen molar-refractivity contribution in [3.63, 3.8) is 0 Å². The molecule has 2 aromatic carbocycles. The van der Waals surface area contributed by atoms with Gasteiger partial charge in [0, 0.05) is 21.3 Å². The Balaban J connectivity index is 1.83. The zero-order valence-electron chi connectivity index (χ0n) is 15.8. The second-order valence-electron chi connectivity index (χ2n) is 6.80. The van der Waals surface area contributed by atoms with Crippen molar-refractivity contribution < 1.29 is 18.0 Å². The predicted molar refractivity (Wildman–Crippen MR) is 113 cm³/mol. The summed E-state index contributed by atoms with van der Waals surface area (Å²) in [5, 5.41) is 6.90. The number of aromatic nitrogens is 3. The summed E-state index contributed by atoms with van der Waals surface area (Å²) in [6, 6.07) is 12.2. The van der Waals surface area contributed by atoms with Crippen molar-refractivity contribution in [1.29, 1.82) is 0 Å². The van der Waals surface area contributed by atoms with Crippen molar-refractivity contribution in [3.8, 4) is 11.3 Å².